The molecule has 2 amide bonds. The summed E-state index contributed by atoms with van der Waals surface area (Å²) in [4.78, 5) is 40.5. The lowest BCUT2D eigenvalue weighted by atomic mass is 9.84. The minimum atomic E-state index is -0.738. The molecule has 2 aliphatic rings. The Bertz CT molecular complexity index is 814. The lowest BCUT2D eigenvalue weighted by Gasteiger charge is -2.40. The standard InChI is InChI=1S/C22H29ClN2O3/c1-12-7-6-8-16(17(12)23)20(27)24-19(22(3,4)5)21(28)25-15-10-9-14(11-15)18(25)13(2)26/h6-8,14-15,18-19H,9-11H2,1-5H3,(H,24,27)/t14?,15-,18?,19?/m0/s1. The number of fused-ring (bicyclic) bond motifs is 2. The van der Waals surface area contributed by atoms with Crippen LogP contribution in [0.3, 0.4) is 0 Å². The van der Waals surface area contributed by atoms with E-state index >= 15 is 0 Å². The fourth-order valence-corrected chi connectivity index (χ4v) is 4.87. The van der Waals surface area contributed by atoms with E-state index in [1.54, 1.807) is 24.0 Å². The first kappa shape index (κ1) is 20.8. The van der Waals surface area contributed by atoms with Gasteiger partial charge >= 0.3 is 0 Å². The first-order chi connectivity index (χ1) is 13.0. The maximum Gasteiger partial charge on any atom is 0.253 e. The molecule has 6 heteroatoms. The van der Waals surface area contributed by atoms with Crippen molar-refractivity contribution in [3.8, 4) is 0 Å². The van der Waals surface area contributed by atoms with Crippen molar-refractivity contribution in [2.24, 2.45) is 11.3 Å². The van der Waals surface area contributed by atoms with Gasteiger partial charge in [0.25, 0.3) is 5.91 Å². The van der Waals surface area contributed by atoms with Crippen molar-refractivity contribution in [2.75, 3.05) is 0 Å². The van der Waals surface area contributed by atoms with E-state index in [-0.39, 0.29) is 35.6 Å². The Labute approximate surface area is 171 Å². The summed E-state index contributed by atoms with van der Waals surface area (Å²) < 4.78 is 0. The Balaban J connectivity index is 1.88. The number of nitrogens with zero attached hydrogens (tertiary/aromatic N) is 1. The molecule has 1 N–H and O–H groups in total. The van der Waals surface area contributed by atoms with E-state index in [0.29, 0.717) is 10.6 Å². The van der Waals surface area contributed by atoms with Crippen LogP contribution in [0.15, 0.2) is 18.2 Å². The third-order valence-corrected chi connectivity index (χ3v) is 6.58. The summed E-state index contributed by atoms with van der Waals surface area (Å²) in [5.74, 6) is -0.266. The van der Waals surface area contributed by atoms with Gasteiger partial charge < -0.3 is 10.2 Å². The lowest BCUT2D eigenvalue weighted by molar-refractivity contribution is -0.144. The molecule has 0 radical (unpaired) electrons. The van der Waals surface area contributed by atoms with Crippen molar-refractivity contribution < 1.29 is 14.4 Å². The van der Waals surface area contributed by atoms with Gasteiger partial charge in [-0.25, -0.2) is 0 Å². The molecule has 1 aromatic rings. The van der Waals surface area contributed by atoms with Crippen LogP contribution in [0.1, 0.15) is 62.9 Å². The number of ketones is 1. The molecular formula is C22H29ClN2O3. The van der Waals surface area contributed by atoms with Gasteiger partial charge in [-0.15, -0.1) is 0 Å². The fourth-order valence-electron chi connectivity index (χ4n) is 4.66. The van der Waals surface area contributed by atoms with Crippen molar-refractivity contribution in [1.82, 2.24) is 10.2 Å². The van der Waals surface area contributed by atoms with E-state index < -0.39 is 11.5 Å². The highest BCUT2D eigenvalue weighted by Gasteiger charge is 2.52. The van der Waals surface area contributed by atoms with Gasteiger partial charge in [-0.3, -0.25) is 14.4 Å². The summed E-state index contributed by atoms with van der Waals surface area (Å²) in [7, 11) is 0. The molecule has 0 spiro atoms. The second-order valence-corrected chi connectivity index (χ2v) is 9.61. The van der Waals surface area contributed by atoms with Crippen molar-refractivity contribution in [3.63, 3.8) is 0 Å². The van der Waals surface area contributed by atoms with E-state index in [9.17, 15) is 14.4 Å². The van der Waals surface area contributed by atoms with Gasteiger partial charge in [0.05, 0.1) is 16.6 Å². The average Bonchev–Trinajstić information content (AvgIpc) is 3.21. The maximum atomic E-state index is 13.5. The predicted octanol–water partition coefficient (Wildman–Crippen LogP) is 3.76. The molecule has 3 unspecified atom stereocenters. The predicted molar refractivity (Wildman–Crippen MR) is 109 cm³/mol. The molecule has 1 aliphatic heterocycles. The average molecular weight is 405 g/mol. The van der Waals surface area contributed by atoms with Crippen LogP contribution in [0.25, 0.3) is 0 Å². The molecule has 1 saturated heterocycles. The third-order valence-electron chi connectivity index (χ3n) is 6.08. The summed E-state index contributed by atoms with van der Waals surface area (Å²) in [6.07, 6.45) is 2.79. The van der Waals surface area contributed by atoms with Crippen LogP contribution in [0.5, 0.6) is 0 Å². The highest BCUT2D eigenvalue weighted by molar-refractivity contribution is 6.34. The molecule has 3 rings (SSSR count). The molecule has 2 fully saturated rings. The summed E-state index contributed by atoms with van der Waals surface area (Å²) in [5, 5.41) is 3.30. The molecule has 1 saturated carbocycles. The van der Waals surface area contributed by atoms with Gasteiger partial charge in [-0.05, 0) is 56.1 Å². The number of halogens is 1. The number of carbonyl (C=O) groups is 3. The summed E-state index contributed by atoms with van der Waals surface area (Å²) in [6.45, 7) is 9.16. The van der Waals surface area contributed by atoms with E-state index in [0.717, 1.165) is 24.8 Å². The molecular weight excluding hydrogens is 376 g/mol. The van der Waals surface area contributed by atoms with E-state index in [2.05, 4.69) is 5.32 Å². The Morgan fingerprint density at radius 3 is 2.50 bits per heavy atom. The number of likely N-dealkylation sites (tertiary alicyclic amines) is 1. The van der Waals surface area contributed by atoms with Crippen LogP contribution < -0.4 is 5.32 Å². The smallest absolute Gasteiger partial charge is 0.253 e. The summed E-state index contributed by atoms with van der Waals surface area (Å²) in [5.41, 5.74) is 0.655. The number of hydrogen-bond acceptors (Lipinski definition) is 3. The van der Waals surface area contributed by atoms with Gasteiger partial charge in [0.15, 0.2) is 5.78 Å². The summed E-state index contributed by atoms with van der Waals surface area (Å²) in [6, 6.07) is 4.26. The van der Waals surface area contributed by atoms with Gasteiger partial charge in [0.1, 0.15) is 6.04 Å². The van der Waals surface area contributed by atoms with Gasteiger partial charge in [-0.2, -0.15) is 0 Å². The minimum absolute atomic E-state index is 0.0289. The summed E-state index contributed by atoms with van der Waals surface area (Å²) >= 11 is 6.31. The molecule has 1 aliphatic carbocycles. The number of piperidine rings is 1. The molecule has 1 heterocycles. The van der Waals surface area contributed by atoms with Gasteiger partial charge in [0.2, 0.25) is 5.91 Å². The van der Waals surface area contributed by atoms with Crippen LogP contribution in [0.2, 0.25) is 5.02 Å². The number of benzene rings is 1. The number of nitrogens with one attached hydrogen (secondary N) is 1. The molecule has 4 atom stereocenters. The number of Topliss-reactive ketones (excluding diaryl/α,β-unsaturated/α-hetero) is 1. The molecule has 5 nitrogen and oxygen atoms in total. The van der Waals surface area contributed by atoms with Crippen LogP contribution in [0, 0.1) is 18.3 Å². The zero-order chi connectivity index (χ0) is 20.8. The first-order valence-electron chi connectivity index (χ1n) is 9.91. The Morgan fingerprint density at radius 2 is 1.89 bits per heavy atom. The molecule has 0 aromatic heterocycles. The topological polar surface area (TPSA) is 66.5 Å². The number of amides is 2. The second-order valence-electron chi connectivity index (χ2n) is 9.24. The SMILES string of the molecule is CC(=O)C1C2CC[C@@H](C2)N1C(=O)C(NC(=O)c1cccc(C)c1Cl)C(C)(C)C. The number of aryl methyl sites for hydroxylation is 1. The van der Waals surface area contributed by atoms with Crippen LogP contribution in [-0.2, 0) is 9.59 Å². The van der Waals surface area contributed by atoms with Crippen LogP contribution in [-0.4, -0.2) is 40.6 Å². The maximum absolute atomic E-state index is 13.5. The highest BCUT2D eigenvalue weighted by Crippen LogP contribution is 2.43. The lowest BCUT2D eigenvalue weighted by Crippen LogP contribution is -2.59. The Hall–Kier alpha value is -1.88. The van der Waals surface area contributed by atoms with Crippen LogP contribution in [0.4, 0.5) is 0 Å². The van der Waals surface area contributed by atoms with E-state index in [1.165, 1.54) is 0 Å². The molecule has 28 heavy (non-hydrogen) atoms. The number of rotatable bonds is 4. The normalized spacial score (nSPS) is 24.9. The minimum Gasteiger partial charge on any atom is -0.340 e. The zero-order valence-electron chi connectivity index (χ0n) is 17.2. The third kappa shape index (κ3) is 3.69. The highest BCUT2D eigenvalue weighted by atomic mass is 35.5. The molecule has 1 aromatic carbocycles. The van der Waals surface area contributed by atoms with Crippen molar-refractivity contribution in [3.05, 3.63) is 34.3 Å². The Morgan fingerprint density at radius 1 is 1.21 bits per heavy atom. The fraction of sp³-hybridized carbons (Fsp3) is 0.591. The quantitative estimate of drug-likeness (QED) is 0.830. The molecule has 2 bridgehead atoms. The number of hydrogen-bond donors (Lipinski definition) is 1. The van der Waals surface area contributed by atoms with E-state index in [1.807, 2.05) is 33.8 Å². The molecule has 152 valence electrons. The van der Waals surface area contributed by atoms with Crippen LogP contribution >= 0.6 is 11.6 Å². The Kier molecular flexibility index (Phi) is 5.59. The largest absolute Gasteiger partial charge is 0.340 e. The number of carbonyl (C=O) groups excluding carboxylic acids is 3. The van der Waals surface area contributed by atoms with Gasteiger partial charge in [-0.1, -0.05) is 44.5 Å². The first-order valence-corrected chi connectivity index (χ1v) is 10.3. The van der Waals surface area contributed by atoms with E-state index in [4.69, 9.17) is 11.6 Å². The second kappa shape index (κ2) is 7.51. The van der Waals surface area contributed by atoms with Gasteiger partial charge in [0, 0.05) is 6.04 Å². The zero-order valence-corrected chi connectivity index (χ0v) is 18.0. The van der Waals surface area contributed by atoms with Crippen molar-refractivity contribution in [2.45, 2.75) is 72.0 Å². The van der Waals surface area contributed by atoms with Crippen molar-refractivity contribution in [1.29, 1.82) is 0 Å². The van der Waals surface area contributed by atoms with Crippen molar-refractivity contribution >= 4 is 29.2 Å². The monoisotopic (exact) mass is 404 g/mol.